The highest BCUT2D eigenvalue weighted by atomic mass is 16.3. The van der Waals surface area contributed by atoms with Crippen LogP contribution in [-0.2, 0) is 6.42 Å². The van der Waals surface area contributed by atoms with Crippen molar-refractivity contribution in [2.75, 3.05) is 5.73 Å². The number of hydrogen-bond donors (Lipinski definition) is 1. The third-order valence-electron chi connectivity index (χ3n) is 4.02. The van der Waals surface area contributed by atoms with Crippen LogP contribution < -0.4 is 5.73 Å². The van der Waals surface area contributed by atoms with E-state index in [4.69, 9.17) is 10.2 Å². The third-order valence-corrected chi connectivity index (χ3v) is 4.02. The maximum absolute atomic E-state index is 6.06. The Kier molecular flexibility index (Phi) is 3.26. The van der Waals surface area contributed by atoms with Crippen molar-refractivity contribution in [3.05, 3.63) is 59.4 Å². The normalized spacial score (nSPS) is 11.2. The first-order valence-corrected chi connectivity index (χ1v) is 7.59. The predicted octanol–water partition coefficient (Wildman–Crippen LogP) is 2.57. The minimum absolute atomic E-state index is 0.303. The van der Waals surface area contributed by atoms with Crippen molar-refractivity contribution in [2.45, 2.75) is 20.3 Å². The summed E-state index contributed by atoms with van der Waals surface area (Å²) in [4.78, 5) is 13.1. The molecule has 0 aliphatic heterocycles. The molecule has 4 aromatic rings. The van der Waals surface area contributed by atoms with Gasteiger partial charge >= 0.3 is 0 Å². The lowest BCUT2D eigenvalue weighted by Gasteiger charge is -2.04. The Hall–Kier alpha value is -3.22. The lowest BCUT2D eigenvalue weighted by atomic mass is 10.1. The summed E-state index contributed by atoms with van der Waals surface area (Å²) in [6, 6.07) is 8.19. The van der Waals surface area contributed by atoms with E-state index in [2.05, 4.69) is 39.1 Å². The summed E-state index contributed by atoms with van der Waals surface area (Å²) >= 11 is 0. The van der Waals surface area contributed by atoms with Crippen molar-refractivity contribution in [1.82, 2.24) is 24.6 Å². The van der Waals surface area contributed by atoms with Crippen molar-refractivity contribution in [3.63, 3.8) is 0 Å². The van der Waals surface area contributed by atoms with Crippen LogP contribution in [0, 0.1) is 13.8 Å². The predicted molar refractivity (Wildman–Crippen MR) is 89.4 cm³/mol. The van der Waals surface area contributed by atoms with Gasteiger partial charge in [0.1, 0.15) is 12.0 Å². The minimum Gasteiger partial charge on any atom is -0.443 e. The summed E-state index contributed by atoms with van der Waals surface area (Å²) in [5.41, 5.74) is 10.4. The molecule has 0 spiro atoms. The number of nitrogens with zero attached hydrogens (tertiary/aromatic N) is 5. The van der Waals surface area contributed by atoms with E-state index in [0.717, 1.165) is 5.69 Å². The van der Waals surface area contributed by atoms with Crippen LogP contribution in [0.25, 0.3) is 17.2 Å². The summed E-state index contributed by atoms with van der Waals surface area (Å²) in [6.45, 7) is 3.97. The maximum Gasteiger partial charge on any atom is 0.246 e. The number of hydrogen-bond acceptors (Lipinski definition) is 6. The minimum atomic E-state index is 0.303. The van der Waals surface area contributed by atoms with Gasteiger partial charge in [-0.2, -0.15) is 5.10 Å². The SMILES string of the molecule is Cc1ccccc1Cc1nc2c(N)nc(-c3ncco3)c(C)n2n1. The fraction of sp³-hybridized carbons (Fsp3) is 0.176. The van der Waals surface area contributed by atoms with E-state index in [-0.39, 0.29) is 0 Å². The van der Waals surface area contributed by atoms with Gasteiger partial charge in [-0.15, -0.1) is 0 Å². The number of rotatable bonds is 3. The zero-order chi connectivity index (χ0) is 16.7. The molecule has 120 valence electrons. The van der Waals surface area contributed by atoms with Gasteiger partial charge in [0.2, 0.25) is 5.89 Å². The number of aryl methyl sites for hydroxylation is 2. The van der Waals surface area contributed by atoms with Crippen molar-refractivity contribution in [3.8, 4) is 11.6 Å². The fourth-order valence-electron chi connectivity index (χ4n) is 2.70. The molecule has 0 unspecified atom stereocenters. The highest BCUT2D eigenvalue weighted by molar-refractivity contribution is 5.66. The van der Waals surface area contributed by atoms with E-state index in [9.17, 15) is 0 Å². The van der Waals surface area contributed by atoms with E-state index < -0.39 is 0 Å². The fourth-order valence-corrected chi connectivity index (χ4v) is 2.70. The summed E-state index contributed by atoms with van der Waals surface area (Å²) in [5, 5.41) is 4.60. The quantitative estimate of drug-likeness (QED) is 0.623. The van der Waals surface area contributed by atoms with E-state index in [1.807, 2.05) is 19.1 Å². The van der Waals surface area contributed by atoms with Crippen molar-refractivity contribution in [2.24, 2.45) is 0 Å². The van der Waals surface area contributed by atoms with E-state index in [0.29, 0.717) is 35.3 Å². The Morgan fingerprint density at radius 2 is 2.00 bits per heavy atom. The molecule has 7 nitrogen and oxygen atoms in total. The van der Waals surface area contributed by atoms with Gasteiger partial charge in [-0.1, -0.05) is 24.3 Å². The largest absolute Gasteiger partial charge is 0.443 e. The van der Waals surface area contributed by atoms with E-state index >= 15 is 0 Å². The molecule has 2 N–H and O–H groups in total. The summed E-state index contributed by atoms with van der Waals surface area (Å²) < 4.78 is 7.04. The standard InChI is InChI=1S/C17H16N6O/c1-10-5-3-4-6-12(10)9-13-20-16-15(18)21-14(11(2)23(16)22-13)17-19-7-8-24-17/h3-8H,9H2,1-2H3,(H2,18,21). The van der Waals surface area contributed by atoms with Gasteiger partial charge in [-0.25, -0.2) is 19.5 Å². The highest BCUT2D eigenvalue weighted by Crippen LogP contribution is 2.23. The van der Waals surface area contributed by atoms with Crippen molar-refractivity contribution >= 4 is 11.5 Å². The lowest BCUT2D eigenvalue weighted by molar-refractivity contribution is 0.570. The number of benzene rings is 1. The Bertz CT molecular complexity index is 1020. The first-order chi connectivity index (χ1) is 11.6. The topological polar surface area (TPSA) is 95.1 Å². The number of nitrogens with two attached hydrogens (primary N) is 1. The molecule has 0 saturated heterocycles. The van der Waals surface area contributed by atoms with Gasteiger partial charge in [0, 0.05) is 6.42 Å². The molecular weight excluding hydrogens is 304 g/mol. The highest BCUT2D eigenvalue weighted by Gasteiger charge is 2.17. The molecule has 0 radical (unpaired) electrons. The molecule has 3 aromatic heterocycles. The smallest absolute Gasteiger partial charge is 0.246 e. The van der Waals surface area contributed by atoms with Gasteiger partial charge in [0.15, 0.2) is 17.3 Å². The van der Waals surface area contributed by atoms with E-state index in [1.54, 1.807) is 10.7 Å². The molecule has 1 aromatic carbocycles. The van der Waals surface area contributed by atoms with E-state index in [1.165, 1.54) is 17.4 Å². The second-order valence-electron chi connectivity index (χ2n) is 5.64. The van der Waals surface area contributed by atoms with Gasteiger partial charge in [0.05, 0.1) is 11.9 Å². The summed E-state index contributed by atoms with van der Waals surface area (Å²) in [7, 11) is 0. The monoisotopic (exact) mass is 320 g/mol. The average Bonchev–Trinajstić information content (AvgIpc) is 3.23. The zero-order valence-corrected chi connectivity index (χ0v) is 13.4. The Labute approximate surface area is 138 Å². The van der Waals surface area contributed by atoms with Gasteiger partial charge < -0.3 is 10.2 Å². The van der Waals surface area contributed by atoms with Crippen molar-refractivity contribution in [1.29, 1.82) is 0 Å². The molecule has 4 rings (SSSR count). The van der Waals surface area contributed by atoms with Crippen LogP contribution in [0.4, 0.5) is 5.82 Å². The maximum atomic E-state index is 6.06. The van der Waals surface area contributed by atoms with Crippen LogP contribution in [0.15, 0.2) is 41.1 Å². The molecule has 0 aliphatic rings. The first-order valence-electron chi connectivity index (χ1n) is 7.59. The zero-order valence-electron chi connectivity index (χ0n) is 13.4. The molecule has 0 aliphatic carbocycles. The molecule has 0 amide bonds. The second-order valence-corrected chi connectivity index (χ2v) is 5.64. The number of anilines is 1. The molecule has 0 bridgehead atoms. The molecule has 3 heterocycles. The summed E-state index contributed by atoms with van der Waals surface area (Å²) in [6.07, 6.45) is 3.71. The number of oxazole rings is 1. The second kappa shape index (κ2) is 5.45. The Morgan fingerprint density at radius 1 is 1.17 bits per heavy atom. The Balaban J connectivity index is 1.82. The molecule has 0 fully saturated rings. The van der Waals surface area contributed by atoms with Crippen LogP contribution in [0.3, 0.4) is 0 Å². The third kappa shape index (κ3) is 2.30. The van der Waals surface area contributed by atoms with Crippen LogP contribution in [-0.4, -0.2) is 24.6 Å². The van der Waals surface area contributed by atoms with Crippen LogP contribution in [0.5, 0.6) is 0 Å². The summed E-state index contributed by atoms with van der Waals surface area (Å²) in [5.74, 6) is 1.42. The van der Waals surface area contributed by atoms with Crippen LogP contribution >= 0.6 is 0 Å². The molecular formula is C17H16N6O. The number of nitrogen functional groups attached to an aromatic ring is 1. The van der Waals surface area contributed by atoms with Gasteiger partial charge in [-0.3, -0.25) is 0 Å². The average molecular weight is 320 g/mol. The molecule has 0 atom stereocenters. The molecule has 24 heavy (non-hydrogen) atoms. The first kappa shape index (κ1) is 14.4. The van der Waals surface area contributed by atoms with Gasteiger partial charge in [-0.05, 0) is 25.0 Å². The van der Waals surface area contributed by atoms with Crippen molar-refractivity contribution < 1.29 is 4.42 Å². The van der Waals surface area contributed by atoms with Crippen LogP contribution in [0.1, 0.15) is 22.6 Å². The molecule has 0 saturated carbocycles. The lowest BCUT2D eigenvalue weighted by Crippen LogP contribution is -2.04. The van der Waals surface area contributed by atoms with Gasteiger partial charge in [0.25, 0.3) is 0 Å². The number of fused-ring (bicyclic) bond motifs is 1. The molecule has 7 heteroatoms. The number of aromatic nitrogens is 5. The Morgan fingerprint density at radius 3 is 2.75 bits per heavy atom. The van der Waals surface area contributed by atoms with Crippen LogP contribution in [0.2, 0.25) is 0 Å².